The van der Waals surface area contributed by atoms with Gasteiger partial charge in [-0.15, -0.1) is 0 Å². The van der Waals surface area contributed by atoms with Crippen molar-refractivity contribution in [2.75, 3.05) is 20.3 Å². The topological polar surface area (TPSA) is 81.7 Å². The van der Waals surface area contributed by atoms with Gasteiger partial charge < -0.3 is 9.47 Å². The second-order valence-electron chi connectivity index (χ2n) is 5.38. The highest BCUT2D eigenvalue weighted by atomic mass is 32.2. The minimum Gasteiger partial charge on any atom is -0.465 e. The third-order valence-corrected chi connectivity index (χ3v) is 4.77. The van der Waals surface area contributed by atoms with Crippen molar-refractivity contribution in [3.63, 3.8) is 0 Å². The molecule has 25 heavy (non-hydrogen) atoms. The predicted octanol–water partition coefficient (Wildman–Crippen LogP) is 2.11. The first kappa shape index (κ1) is 19.1. The Labute approximate surface area is 147 Å². The van der Waals surface area contributed by atoms with Crippen molar-refractivity contribution in [3.8, 4) is 0 Å². The maximum atomic E-state index is 12.0. The van der Waals surface area contributed by atoms with Gasteiger partial charge in [-0.1, -0.05) is 42.5 Å². The number of sulfonamides is 1. The first-order valence-electron chi connectivity index (χ1n) is 7.76. The molecule has 0 aliphatic carbocycles. The molecule has 0 amide bonds. The van der Waals surface area contributed by atoms with Crippen molar-refractivity contribution in [2.24, 2.45) is 0 Å². The van der Waals surface area contributed by atoms with Crippen LogP contribution in [0.15, 0.2) is 54.6 Å². The second kappa shape index (κ2) is 9.31. The zero-order chi connectivity index (χ0) is 18.1. The number of benzene rings is 2. The molecule has 0 aliphatic heterocycles. The Kier molecular flexibility index (Phi) is 7.12. The summed E-state index contributed by atoms with van der Waals surface area (Å²) in [5.74, 6) is -0.615. The molecule has 0 spiro atoms. The highest BCUT2D eigenvalue weighted by molar-refractivity contribution is 7.88. The summed E-state index contributed by atoms with van der Waals surface area (Å²) < 4.78 is 36.6. The van der Waals surface area contributed by atoms with Crippen molar-refractivity contribution in [1.82, 2.24) is 4.72 Å². The van der Waals surface area contributed by atoms with Crippen LogP contribution in [0.3, 0.4) is 0 Å². The Bertz CT molecular complexity index is 773. The van der Waals surface area contributed by atoms with Gasteiger partial charge in [0, 0.05) is 6.54 Å². The molecule has 0 heterocycles. The molecule has 134 valence electrons. The van der Waals surface area contributed by atoms with Crippen LogP contribution in [0.25, 0.3) is 0 Å². The van der Waals surface area contributed by atoms with E-state index in [0.29, 0.717) is 17.7 Å². The molecule has 0 bridgehead atoms. The molecule has 0 saturated heterocycles. The first-order valence-corrected chi connectivity index (χ1v) is 9.41. The summed E-state index contributed by atoms with van der Waals surface area (Å²) in [6, 6.07) is 15.9. The smallest absolute Gasteiger partial charge is 0.337 e. The SMILES string of the molecule is COC(=O)c1ccc(CS(=O)(=O)NCCOCc2ccccc2)cc1. The van der Waals surface area contributed by atoms with Crippen molar-refractivity contribution in [1.29, 1.82) is 0 Å². The Balaban J connectivity index is 1.75. The van der Waals surface area contributed by atoms with Crippen LogP contribution < -0.4 is 4.72 Å². The minimum absolute atomic E-state index is 0.160. The molecular weight excluding hydrogens is 342 g/mol. The number of carbonyl (C=O) groups is 1. The fourth-order valence-electron chi connectivity index (χ4n) is 2.16. The Morgan fingerprint density at radius 1 is 1.00 bits per heavy atom. The van der Waals surface area contributed by atoms with Crippen LogP contribution in [-0.4, -0.2) is 34.6 Å². The normalized spacial score (nSPS) is 11.2. The van der Waals surface area contributed by atoms with E-state index in [1.165, 1.54) is 7.11 Å². The predicted molar refractivity (Wildman–Crippen MR) is 94.5 cm³/mol. The Morgan fingerprint density at radius 2 is 1.68 bits per heavy atom. The van der Waals surface area contributed by atoms with Crippen molar-refractivity contribution in [3.05, 3.63) is 71.3 Å². The van der Waals surface area contributed by atoms with Crippen LogP contribution in [0, 0.1) is 0 Å². The minimum atomic E-state index is -3.46. The summed E-state index contributed by atoms with van der Waals surface area (Å²) in [6.45, 7) is 0.933. The fourth-order valence-corrected chi connectivity index (χ4v) is 3.29. The summed E-state index contributed by atoms with van der Waals surface area (Å²) in [5.41, 5.74) is 2.01. The Morgan fingerprint density at radius 3 is 2.32 bits per heavy atom. The quantitative estimate of drug-likeness (QED) is 0.545. The number of carbonyl (C=O) groups excluding carboxylic acids is 1. The van der Waals surface area contributed by atoms with Crippen LogP contribution in [0.1, 0.15) is 21.5 Å². The van der Waals surface area contributed by atoms with E-state index in [1.54, 1.807) is 24.3 Å². The molecule has 7 heteroatoms. The average molecular weight is 363 g/mol. The summed E-state index contributed by atoms with van der Waals surface area (Å²) in [6.07, 6.45) is 0. The van der Waals surface area contributed by atoms with Gasteiger partial charge in [-0.05, 0) is 23.3 Å². The van der Waals surface area contributed by atoms with Crippen LogP contribution in [-0.2, 0) is 31.9 Å². The molecule has 2 rings (SSSR count). The van der Waals surface area contributed by atoms with Crippen LogP contribution >= 0.6 is 0 Å². The molecule has 2 aromatic rings. The molecule has 0 atom stereocenters. The molecule has 0 unspecified atom stereocenters. The number of nitrogens with one attached hydrogen (secondary N) is 1. The van der Waals surface area contributed by atoms with Gasteiger partial charge in [-0.2, -0.15) is 0 Å². The number of hydrogen-bond acceptors (Lipinski definition) is 5. The van der Waals surface area contributed by atoms with Gasteiger partial charge in [0.25, 0.3) is 0 Å². The monoisotopic (exact) mass is 363 g/mol. The van der Waals surface area contributed by atoms with E-state index >= 15 is 0 Å². The highest BCUT2D eigenvalue weighted by Crippen LogP contribution is 2.09. The summed E-state index contributed by atoms with van der Waals surface area (Å²) in [5, 5.41) is 0. The molecule has 0 fully saturated rings. The molecule has 0 radical (unpaired) electrons. The number of ether oxygens (including phenoxy) is 2. The molecule has 0 aromatic heterocycles. The standard InChI is InChI=1S/C18H21NO5S/c1-23-18(20)17-9-7-16(8-10-17)14-25(21,22)19-11-12-24-13-15-5-3-2-4-6-15/h2-10,19H,11-14H2,1H3. The first-order chi connectivity index (χ1) is 12.0. The maximum Gasteiger partial charge on any atom is 0.337 e. The maximum absolute atomic E-state index is 12.0. The summed E-state index contributed by atoms with van der Waals surface area (Å²) in [7, 11) is -2.17. The number of esters is 1. The third-order valence-electron chi connectivity index (χ3n) is 3.41. The van der Waals surface area contributed by atoms with E-state index < -0.39 is 16.0 Å². The fraction of sp³-hybridized carbons (Fsp3) is 0.278. The van der Waals surface area contributed by atoms with E-state index in [2.05, 4.69) is 9.46 Å². The van der Waals surface area contributed by atoms with Crippen molar-refractivity contribution in [2.45, 2.75) is 12.4 Å². The number of hydrogen-bond donors (Lipinski definition) is 1. The number of methoxy groups -OCH3 is 1. The average Bonchev–Trinajstić information content (AvgIpc) is 2.62. The van der Waals surface area contributed by atoms with Crippen molar-refractivity contribution < 1.29 is 22.7 Å². The van der Waals surface area contributed by atoms with Crippen LogP contribution in [0.4, 0.5) is 0 Å². The lowest BCUT2D eigenvalue weighted by atomic mass is 10.1. The lowest BCUT2D eigenvalue weighted by Gasteiger charge is -2.08. The Hall–Kier alpha value is -2.22. The highest BCUT2D eigenvalue weighted by Gasteiger charge is 2.12. The largest absolute Gasteiger partial charge is 0.465 e. The molecule has 0 aliphatic rings. The molecule has 0 saturated carbocycles. The van der Waals surface area contributed by atoms with Crippen LogP contribution in [0.5, 0.6) is 0 Å². The van der Waals surface area contributed by atoms with Gasteiger partial charge in [0.05, 0.1) is 31.6 Å². The lowest BCUT2D eigenvalue weighted by Crippen LogP contribution is -2.28. The van der Waals surface area contributed by atoms with Gasteiger partial charge in [-0.3, -0.25) is 0 Å². The van der Waals surface area contributed by atoms with Gasteiger partial charge in [-0.25, -0.2) is 17.9 Å². The zero-order valence-corrected chi connectivity index (χ0v) is 14.8. The van der Waals surface area contributed by atoms with Gasteiger partial charge in [0.15, 0.2) is 0 Å². The van der Waals surface area contributed by atoms with Crippen molar-refractivity contribution >= 4 is 16.0 Å². The van der Waals surface area contributed by atoms with Gasteiger partial charge in [0.2, 0.25) is 10.0 Å². The second-order valence-corrected chi connectivity index (χ2v) is 7.19. The molecular formula is C18H21NO5S. The third kappa shape index (κ3) is 6.66. The molecule has 2 aromatic carbocycles. The molecule has 6 nitrogen and oxygen atoms in total. The lowest BCUT2D eigenvalue weighted by molar-refractivity contribution is 0.0600. The summed E-state index contributed by atoms with van der Waals surface area (Å²) in [4.78, 5) is 11.3. The van der Waals surface area contributed by atoms with Gasteiger partial charge >= 0.3 is 5.97 Å². The number of rotatable bonds is 9. The van der Waals surface area contributed by atoms with Gasteiger partial charge in [0.1, 0.15) is 0 Å². The van der Waals surface area contributed by atoms with Crippen LogP contribution in [0.2, 0.25) is 0 Å². The van der Waals surface area contributed by atoms with E-state index in [1.807, 2.05) is 30.3 Å². The molecule has 1 N–H and O–H groups in total. The van der Waals surface area contributed by atoms with E-state index in [-0.39, 0.29) is 18.9 Å². The summed E-state index contributed by atoms with van der Waals surface area (Å²) >= 11 is 0. The zero-order valence-electron chi connectivity index (χ0n) is 14.0. The van der Waals surface area contributed by atoms with E-state index in [4.69, 9.17) is 4.74 Å². The van der Waals surface area contributed by atoms with E-state index in [9.17, 15) is 13.2 Å². The van der Waals surface area contributed by atoms with E-state index in [0.717, 1.165) is 5.56 Å².